The average Bonchev–Trinajstić information content (AvgIpc) is 3.99. The fourth-order valence-electron chi connectivity index (χ4n) is 10.9. The van der Waals surface area contributed by atoms with Gasteiger partial charge in [-0.25, -0.2) is 4.39 Å². The van der Waals surface area contributed by atoms with E-state index < -0.39 is 0 Å². The minimum atomic E-state index is -0.343. The van der Waals surface area contributed by atoms with Crippen molar-refractivity contribution in [3.05, 3.63) is 242 Å². The molecule has 12 aromatic carbocycles. The van der Waals surface area contributed by atoms with Crippen molar-refractivity contribution in [1.29, 1.82) is 0 Å². The van der Waals surface area contributed by atoms with Crippen molar-refractivity contribution in [2.45, 2.75) is 0 Å². The van der Waals surface area contributed by atoms with Crippen LogP contribution in [0.4, 0.5) is 38.5 Å². The lowest BCUT2D eigenvalue weighted by Gasteiger charge is -2.31. The SMILES string of the molecule is Fc1cccc(-c2ccccc2)c1N(c1ccc2ccc3c(N(c4ccccc4-c4ccccc4)c4cccc5c4oc4ccccc45)ccc4ccc1c2c43)c1cccc2c1oc1ccccc12. The van der Waals surface area contributed by atoms with Crippen LogP contribution in [0.1, 0.15) is 0 Å². The Kier molecular flexibility index (Phi) is 8.73. The van der Waals surface area contributed by atoms with Gasteiger partial charge in [0.1, 0.15) is 17.0 Å². The number of benzene rings is 12. The Labute approximate surface area is 396 Å². The molecular weight excluding hydrogens is 848 g/mol. The molecular formula is C64H39FN2O2. The molecule has 0 saturated carbocycles. The molecule has 0 N–H and O–H groups in total. The molecule has 0 atom stereocenters. The number of anilines is 6. The number of halogens is 1. The summed E-state index contributed by atoms with van der Waals surface area (Å²) in [5.41, 5.74) is 11.9. The number of nitrogens with zero attached hydrogens (tertiary/aromatic N) is 2. The molecule has 5 heteroatoms. The molecule has 2 aromatic heterocycles. The van der Waals surface area contributed by atoms with Crippen LogP contribution in [0.25, 0.3) is 98.4 Å². The first-order valence-corrected chi connectivity index (χ1v) is 23.3. The van der Waals surface area contributed by atoms with E-state index in [1.807, 2.05) is 78.9 Å². The summed E-state index contributed by atoms with van der Waals surface area (Å²) in [6, 6.07) is 81.2. The maximum Gasteiger partial charge on any atom is 0.159 e. The van der Waals surface area contributed by atoms with Crippen LogP contribution in [0.5, 0.6) is 0 Å². The number of hydrogen-bond donors (Lipinski definition) is 0. The Balaban J connectivity index is 1.07. The summed E-state index contributed by atoms with van der Waals surface area (Å²) in [5, 5.41) is 10.5. The van der Waals surface area contributed by atoms with Gasteiger partial charge in [0.15, 0.2) is 11.2 Å². The highest BCUT2D eigenvalue weighted by atomic mass is 19.1. The van der Waals surface area contributed by atoms with Gasteiger partial charge in [-0.1, -0.05) is 188 Å². The first-order valence-electron chi connectivity index (χ1n) is 23.3. The Morgan fingerprint density at radius 3 is 1.33 bits per heavy atom. The molecule has 324 valence electrons. The number of para-hydroxylation sites is 6. The van der Waals surface area contributed by atoms with E-state index in [-0.39, 0.29) is 5.82 Å². The Morgan fingerprint density at radius 1 is 0.290 bits per heavy atom. The normalized spacial score (nSPS) is 11.8. The van der Waals surface area contributed by atoms with Gasteiger partial charge in [-0.15, -0.1) is 0 Å². The minimum Gasteiger partial charge on any atom is -0.454 e. The smallest absolute Gasteiger partial charge is 0.159 e. The molecule has 14 rings (SSSR count). The van der Waals surface area contributed by atoms with E-state index in [1.54, 1.807) is 12.1 Å². The highest BCUT2D eigenvalue weighted by Gasteiger charge is 2.29. The summed E-state index contributed by atoms with van der Waals surface area (Å²) < 4.78 is 30.8. The molecule has 0 aliphatic rings. The largest absolute Gasteiger partial charge is 0.454 e. The van der Waals surface area contributed by atoms with Crippen LogP contribution >= 0.6 is 0 Å². The number of hydrogen-bond acceptors (Lipinski definition) is 4. The molecule has 0 radical (unpaired) electrons. The van der Waals surface area contributed by atoms with E-state index in [0.717, 1.165) is 121 Å². The third-order valence-corrected chi connectivity index (χ3v) is 13.9. The van der Waals surface area contributed by atoms with E-state index in [9.17, 15) is 0 Å². The van der Waals surface area contributed by atoms with E-state index in [4.69, 9.17) is 8.83 Å². The lowest BCUT2D eigenvalue weighted by Crippen LogP contribution is -2.14. The van der Waals surface area contributed by atoms with Gasteiger partial charge in [-0.05, 0) is 81.2 Å². The molecule has 0 spiro atoms. The lowest BCUT2D eigenvalue weighted by molar-refractivity contribution is 0.629. The van der Waals surface area contributed by atoms with Gasteiger partial charge in [0.25, 0.3) is 0 Å². The van der Waals surface area contributed by atoms with Gasteiger partial charge < -0.3 is 18.6 Å². The van der Waals surface area contributed by atoms with Gasteiger partial charge in [0, 0.05) is 43.4 Å². The zero-order chi connectivity index (χ0) is 45.6. The highest BCUT2D eigenvalue weighted by Crippen LogP contribution is 2.53. The second kappa shape index (κ2) is 15.4. The highest BCUT2D eigenvalue weighted by molar-refractivity contribution is 6.29. The van der Waals surface area contributed by atoms with Crippen molar-refractivity contribution in [2.24, 2.45) is 0 Å². The van der Waals surface area contributed by atoms with Crippen LogP contribution in [-0.2, 0) is 0 Å². The van der Waals surface area contributed by atoms with Gasteiger partial charge in [-0.2, -0.15) is 0 Å². The molecule has 0 bridgehead atoms. The zero-order valence-corrected chi connectivity index (χ0v) is 37.1. The van der Waals surface area contributed by atoms with Crippen molar-refractivity contribution in [2.75, 3.05) is 9.80 Å². The first kappa shape index (κ1) is 39.0. The molecule has 69 heavy (non-hydrogen) atoms. The van der Waals surface area contributed by atoms with Crippen molar-refractivity contribution in [3.63, 3.8) is 0 Å². The lowest BCUT2D eigenvalue weighted by atomic mass is 9.91. The average molecular weight is 887 g/mol. The third kappa shape index (κ3) is 6.00. The van der Waals surface area contributed by atoms with Crippen LogP contribution in [0, 0.1) is 5.82 Å². The Morgan fingerprint density at radius 2 is 0.725 bits per heavy atom. The summed E-state index contributed by atoms with van der Waals surface area (Å²) in [4.78, 5) is 4.46. The quantitative estimate of drug-likeness (QED) is 0.142. The maximum absolute atomic E-state index is 17.3. The number of fused-ring (bicyclic) bond motifs is 6. The molecule has 2 heterocycles. The van der Waals surface area contributed by atoms with Crippen LogP contribution in [-0.4, -0.2) is 0 Å². The van der Waals surface area contributed by atoms with Crippen LogP contribution in [0.2, 0.25) is 0 Å². The monoisotopic (exact) mass is 886 g/mol. The van der Waals surface area contributed by atoms with E-state index in [2.05, 4.69) is 155 Å². The van der Waals surface area contributed by atoms with Crippen LogP contribution in [0.3, 0.4) is 0 Å². The predicted octanol–water partition coefficient (Wildman–Crippen LogP) is 18.8. The minimum absolute atomic E-state index is 0.343. The van der Waals surface area contributed by atoms with E-state index in [1.165, 1.54) is 0 Å². The summed E-state index contributed by atoms with van der Waals surface area (Å²) in [6.07, 6.45) is 0. The van der Waals surface area contributed by atoms with Gasteiger partial charge in [0.2, 0.25) is 0 Å². The Hall–Kier alpha value is -9.19. The van der Waals surface area contributed by atoms with Crippen LogP contribution in [0.15, 0.2) is 245 Å². The number of rotatable bonds is 8. The second-order valence-electron chi connectivity index (χ2n) is 17.7. The summed E-state index contributed by atoms with van der Waals surface area (Å²) in [6.45, 7) is 0. The van der Waals surface area contributed by atoms with Gasteiger partial charge in [0.05, 0.1) is 34.1 Å². The zero-order valence-electron chi connectivity index (χ0n) is 37.1. The molecule has 0 amide bonds. The fraction of sp³-hybridized carbons (Fsp3) is 0. The Bertz CT molecular complexity index is 4290. The van der Waals surface area contributed by atoms with Crippen molar-refractivity contribution in [1.82, 2.24) is 0 Å². The van der Waals surface area contributed by atoms with E-state index in [0.29, 0.717) is 11.3 Å². The standard InChI is InChI=1S/C64H39FN2O2/c65-52-26-13-23-45(41-18-5-2-6-19-41)62(52)67(57-29-15-25-49-47-22-9-12-31-59(47)69-64(49)57)55-39-35-43-32-36-50-54(38-34-42-33-37-51(55)61(43)60(42)50)66(53-27-10-7-20-44(53)40-16-3-1-4-17-40)56-28-14-24-48-46-21-8-11-30-58(46)68-63(48)56/h1-39H. The van der Waals surface area contributed by atoms with Crippen LogP contribution < -0.4 is 9.80 Å². The molecule has 0 aliphatic heterocycles. The second-order valence-corrected chi connectivity index (χ2v) is 17.7. The summed E-state index contributed by atoms with van der Waals surface area (Å²) in [7, 11) is 0. The molecule has 0 saturated heterocycles. The predicted molar refractivity (Wildman–Crippen MR) is 285 cm³/mol. The fourth-order valence-corrected chi connectivity index (χ4v) is 10.9. The molecule has 0 aliphatic carbocycles. The topological polar surface area (TPSA) is 32.8 Å². The summed E-state index contributed by atoms with van der Waals surface area (Å²) in [5.74, 6) is -0.343. The first-order chi connectivity index (χ1) is 34.2. The van der Waals surface area contributed by atoms with Gasteiger partial charge in [-0.3, -0.25) is 0 Å². The third-order valence-electron chi connectivity index (χ3n) is 13.9. The maximum atomic E-state index is 17.3. The molecule has 0 unspecified atom stereocenters. The van der Waals surface area contributed by atoms with Crippen molar-refractivity contribution < 1.29 is 13.2 Å². The number of furan rings is 2. The van der Waals surface area contributed by atoms with Gasteiger partial charge >= 0.3 is 0 Å². The van der Waals surface area contributed by atoms with Crippen molar-refractivity contribution >= 4 is 110 Å². The van der Waals surface area contributed by atoms with Crippen molar-refractivity contribution in [3.8, 4) is 22.3 Å². The van der Waals surface area contributed by atoms with E-state index >= 15 is 4.39 Å². The molecule has 0 fully saturated rings. The molecule has 14 aromatic rings. The molecule has 4 nitrogen and oxygen atoms in total. The summed E-state index contributed by atoms with van der Waals surface area (Å²) >= 11 is 0.